The van der Waals surface area contributed by atoms with E-state index in [0.717, 1.165) is 16.7 Å². The molecular weight excluding hydrogens is 418 g/mol. The zero-order chi connectivity index (χ0) is 21.1. The molecule has 0 atom stereocenters. The van der Waals surface area contributed by atoms with Crippen LogP contribution in [0.25, 0.3) is 21.3 Å². The van der Waals surface area contributed by atoms with Crippen molar-refractivity contribution in [1.29, 1.82) is 0 Å². The summed E-state index contributed by atoms with van der Waals surface area (Å²) in [6.45, 7) is 4.13. The number of thiophene rings is 1. The van der Waals surface area contributed by atoms with Gasteiger partial charge in [-0.3, -0.25) is 19.5 Å². The minimum absolute atomic E-state index is 0.0545. The summed E-state index contributed by atoms with van der Waals surface area (Å²) in [6.07, 6.45) is 1.68. The molecule has 0 unspecified atom stereocenters. The topological polar surface area (TPSA) is 78.0 Å². The van der Waals surface area contributed by atoms with Gasteiger partial charge in [0.1, 0.15) is 4.83 Å². The van der Waals surface area contributed by atoms with Crippen LogP contribution in [0, 0.1) is 10.1 Å². The van der Waals surface area contributed by atoms with Gasteiger partial charge in [0.2, 0.25) is 0 Å². The average molecular weight is 436 g/mol. The summed E-state index contributed by atoms with van der Waals surface area (Å²) < 4.78 is 1.63. The lowest BCUT2D eigenvalue weighted by Gasteiger charge is -2.11. The molecule has 6 nitrogen and oxygen atoms in total. The fourth-order valence-electron chi connectivity index (χ4n) is 3.10. The zero-order valence-corrected chi connectivity index (χ0v) is 17.5. The Morgan fingerprint density at radius 3 is 2.57 bits per heavy atom. The van der Waals surface area contributed by atoms with E-state index < -0.39 is 4.92 Å². The van der Waals surface area contributed by atoms with Crippen LogP contribution >= 0.6 is 23.1 Å². The Labute approximate surface area is 180 Å². The summed E-state index contributed by atoms with van der Waals surface area (Å²) in [5.41, 5.74) is 2.75. The molecule has 0 aliphatic carbocycles. The van der Waals surface area contributed by atoms with Gasteiger partial charge in [0.05, 0.1) is 10.3 Å². The summed E-state index contributed by atoms with van der Waals surface area (Å²) in [7, 11) is 0. The van der Waals surface area contributed by atoms with Gasteiger partial charge < -0.3 is 0 Å². The Morgan fingerprint density at radius 1 is 1.17 bits per heavy atom. The van der Waals surface area contributed by atoms with Crippen LogP contribution in [0.2, 0.25) is 0 Å². The van der Waals surface area contributed by atoms with Gasteiger partial charge in [-0.05, 0) is 11.1 Å². The second kappa shape index (κ2) is 8.64. The van der Waals surface area contributed by atoms with E-state index in [2.05, 4.69) is 6.58 Å². The van der Waals surface area contributed by atoms with Crippen LogP contribution in [-0.4, -0.2) is 14.5 Å². The number of hydrogen-bond acceptors (Lipinski definition) is 6. The maximum Gasteiger partial charge on any atom is 0.269 e. The highest BCUT2D eigenvalue weighted by Gasteiger charge is 2.17. The highest BCUT2D eigenvalue weighted by Crippen LogP contribution is 2.32. The van der Waals surface area contributed by atoms with E-state index in [1.54, 1.807) is 22.8 Å². The molecule has 4 rings (SSSR count). The van der Waals surface area contributed by atoms with E-state index in [0.29, 0.717) is 27.7 Å². The number of thioether (sulfide) groups is 1. The number of benzene rings is 2. The van der Waals surface area contributed by atoms with Crippen LogP contribution < -0.4 is 5.56 Å². The lowest BCUT2D eigenvalue weighted by Crippen LogP contribution is -2.22. The first kappa shape index (κ1) is 20.1. The molecule has 2 aromatic carbocycles. The predicted octanol–water partition coefficient (Wildman–Crippen LogP) is 5.51. The zero-order valence-electron chi connectivity index (χ0n) is 15.9. The van der Waals surface area contributed by atoms with Gasteiger partial charge >= 0.3 is 0 Å². The third kappa shape index (κ3) is 3.92. The van der Waals surface area contributed by atoms with Gasteiger partial charge in [-0.1, -0.05) is 60.3 Å². The summed E-state index contributed by atoms with van der Waals surface area (Å²) in [5, 5.41) is 14.0. The Balaban J connectivity index is 1.71. The van der Waals surface area contributed by atoms with E-state index in [1.165, 1.54) is 35.2 Å². The third-order valence-corrected chi connectivity index (χ3v) is 6.49. The number of rotatable bonds is 7. The van der Waals surface area contributed by atoms with E-state index in [4.69, 9.17) is 4.98 Å². The van der Waals surface area contributed by atoms with Crippen LogP contribution in [0.4, 0.5) is 5.69 Å². The van der Waals surface area contributed by atoms with Crippen LogP contribution in [-0.2, 0) is 12.3 Å². The van der Waals surface area contributed by atoms with E-state index >= 15 is 0 Å². The minimum atomic E-state index is -0.421. The number of aromatic nitrogens is 2. The molecular formula is C22H17N3O3S2. The second-order valence-corrected chi connectivity index (χ2v) is 8.31. The maximum absolute atomic E-state index is 13.3. The van der Waals surface area contributed by atoms with Gasteiger partial charge in [0.15, 0.2) is 5.16 Å². The summed E-state index contributed by atoms with van der Waals surface area (Å²) in [4.78, 5) is 29.2. The Morgan fingerprint density at radius 2 is 1.90 bits per heavy atom. The lowest BCUT2D eigenvalue weighted by molar-refractivity contribution is -0.384. The average Bonchev–Trinajstić information content (AvgIpc) is 3.19. The Hall–Kier alpha value is -3.23. The molecule has 2 aromatic heterocycles. The van der Waals surface area contributed by atoms with Gasteiger partial charge in [-0.25, -0.2) is 4.98 Å². The molecule has 0 bridgehead atoms. The van der Waals surface area contributed by atoms with E-state index in [1.807, 2.05) is 35.7 Å². The number of non-ortho nitro benzene ring substituents is 1. The smallest absolute Gasteiger partial charge is 0.269 e. The van der Waals surface area contributed by atoms with Crippen molar-refractivity contribution in [1.82, 2.24) is 9.55 Å². The first-order chi connectivity index (χ1) is 14.6. The standard InChI is InChI=1S/C22H17N3O3S2/c1-2-12-24-21(26)19-18(16-6-4-3-5-7-16)14-29-20(19)23-22(24)30-13-15-8-10-17(11-9-15)25(27)28/h2-11,14H,1,12-13H2. The number of hydrogen-bond donors (Lipinski definition) is 0. The lowest BCUT2D eigenvalue weighted by atomic mass is 10.1. The normalized spacial score (nSPS) is 10.9. The monoisotopic (exact) mass is 435 g/mol. The molecule has 2 heterocycles. The molecule has 4 aromatic rings. The van der Waals surface area contributed by atoms with Crippen LogP contribution in [0.3, 0.4) is 0 Å². The highest BCUT2D eigenvalue weighted by atomic mass is 32.2. The van der Waals surface area contributed by atoms with Crippen molar-refractivity contribution >= 4 is 39.0 Å². The molecule has 0 radical (unpaired) electrons. The van der Waals surface area contributed by atoms with Crippen molar-refractivity contribution in [2.75, 3.05) is 0 Å². The largest absolute Gasteiger partial charge is 0.283 e. The summed E-state index contributed by atoms with van der Waals surface area (Å²) in [6, 6.07) is 16.2. The Bertz CT molecular complexity index is 1280. The molecule has 30 heavy (non-hydrogen) atoms. The highest BCUT2D eigenvalue weighted by molar-refractivity contribution is 7.98. The van der Waals surface area contributed by atoms with Crippen molar-refractivity contribution in [3.63, 3.8) is 0 Å². The molecule has 0 aliphatic heterocycles. The van der Waals surface area contributed by atoms with Crippen molar-refractivity contribution in [2.45, 2.75) is 17.5 Å². The molecule has 0 amide bonds. The molecule has 8 heteroatoms. The molecule has 150 valence electrons. The van der Waals surface area contributed by atoms with Gasteiger partial charge in [0.25, 0.3) is 11.2 Å². The first-order valence-electron chi connectivity index (χ1n) is 9.13. The van der Waals surface area contributed by atoms with E-state index in [9.17, 15) is 14.9 Å². The molecule has 0 aliphatic rings. The SMILES string of the molecule is C=CCn1c(SCc2ccc([N+](=O)[O-])cc2)nc2scc(-c3ccccc3)c2c1=O. The summed E-state index contributed by atoms with van der Waals surface area (Å²) in [5.74, 6) is 0.546. The molecule has 0 saturated heterocycles. The van der Waals surface area contributed by atoms with Gasteiger partial charge in [-0.2, -0.15) is 0 Å². The maximum atomic E-state index is 13.3. The molecule has 0 saturated carbocycles. The quantitative estimate of drug-likeness (QED) is 0.126. The van der Waals surface area contributed by atoms with Crippen molar-refractivity contribution < 1.29 is 4.92 Å². The molecule has 0 fully saturated rings. The Kier molecular flexibility index (Phi) is 5.78. The van der Waals surface area contributed by atoms with Crippen LogP contribution in [0.15, 0.2) is 82.6 Å². The van der Waals surface area contributed by atoms with Crippen molar-refractivity contribution in [3.8, 4) is 11.1 Å². The molecule has 0 N–H and O–H groups in total. The van der Waals surface area contributed by atoms with Crippen LogP contribution in [0.1, 0.15) is 5.56 Å². The number of fused-ring (bicyclic) bond motifs is 1. The fraction of sp³-hybridized carbons (Fsp3) is 0.0909. The number of nitro groups is 1. The van der Waals surface area contributed by atoms with Crippen LogP contribution in [0.5, 0.6) is 0 Å². The number of nitrogens with zero attached hydrogens (tertiary/aromatic N) is 3. The summed E-state index contributed by atoms with van der Waals surface area (Å²) >= 11 is 2.88. The van der Waals surface area contributed by atoms with Gasteiger partial charge in [0, 0.05) is 35.4 Å². The third-order valence-electron chi connectivity index (χ3n) is 4.57. The van der Waals surface area contributed by atoms with Gasteiger partial charge in [-0.15, -0.1) is 17.9 Å². The minimum Gasteiger partial charge on any atom is -0.283 e. The second-order valence-electron chi connectivity index (χ2n) is 6.51. The molecule has 0 spiro atoms. The number of allylic oxidation sites excluding steroid dienone is 1. The number of nitro benzene ring substituents is 1. The van der Waals surface area contributed by atoms with Crippen molar-refractivity contribution in [2.24, 2.45) is 0 Å². The fourth-order valence-corrected chi connectivity index (χ4v) is 5.05. The predicted molar refractivity (Wildman–Crippen MR) is 122 cm³/mol. The van der Waals surface area contributed by atoms with E-state index in [-0.39, 0.29) is 11.2 Å². The first-order valence-corrected chi connectivity index (χ1v) is 11.0. The van der Waals surface area contributed by atoms with Crippen molar-refractivity contribution in [3.05, 3.63) is 98.7 Å².